The Morgan fingerprint density at radius 3 is 2.68 bits per heavy atom. The molecule has 0 saturated heterocycles. The summed E-state index contributed by atoms with van der Waals surface area (Å²) in [6.45, 7) is 3.40. The van der Waals surface area contributed by atoms with Gasteiger partial charge in [-0.1, -0.05) is 26.2 Å². The lowest BCUT2D eigenvalue weighted by atomic mass is 9.88. The monoisotopic (exact) mass is 280 g/mol. The minimum atomic E-state index is 0.239. The van der Waals surface area contributed by atoms with Crippen molar-refractivity contribution in [3.05, 3.63) is 22.4 Å². The summed E-state index contributed by atoms with van der Waals surface area (Å²) in [5.41, 5.74) is 7.78. The normalized spacial score (nSPS) is 20.6. The van der Waals surface area contributed by atoms with E-state index in [1.807, 2.05) is 0 Å². The van der Waals surface area contributed by atoms with Crippen LogP contribution in [0, 0.1) is 5.92 Å². The molecule has 2 unspecified atom stereocenters. The summed E-state index contributed by atoms with van der Waals surface area (Å²) in [4.78, 5) is 2.51. The van der Waals surface area contributed by atoms with Crippen molar-refractivity contribution >= 4 is 11.3 Å². The molecular formula is C16H28N2S. The van der Waals surface area contributed by atoms with E-state index in [2.05, 4.69) is 35.7 Å². The first kappa shape index (κ1) is 15.0. The van der Waals surface area contributed by atoms with Gasteiger partial charge in [-0.25, -0.2) is 0 Å². The van der Waals surface area contributed by atoms with Crippen LogP contribution in [0.5, 0.6) is 0 Å². The predicted molar refractivity (Wildman–Crippen MR) is 84.5 cm³/mol. The molecule has 108 valence electrons. The fourth-order valence-electron chi connectivity index (χ4n) is 3.39. The maximum Gasteiger partial charge on any atom is 0.0504 e. The minimum Gasteiger partial charge on any atom is -0.326 e. The lowest BCUT2D eigenvalue weighted by molar-refractivity contribution is 0.161. The predicted octanol–water partition coefficient (Wildman–Crippen LogP) is 4.04. The van der Waals surface area contributed by atoms with Crippen LogP contribution in [0.25, 0.3) is 0 Å². The number of likely N-dealkylation sites (N-methyl/N-ethyl adjacent to an activating group) is 1. The quantitative estimate of drug-likeness (QED) is 0.852. The van der Waals surface area contributed by atoms with Gasteiger partial charge in [0.1, 0.15) is 0 Å². The van der Waals surface area contributed by atoms with Crippen LogP contribution in [0.1, 0.15) is 57.1 Å². The van der Waals surface area contributed by atoms with Gasteiger partial charge in [0.15, 0.2) is 0 Å². The molecule has 1 aromatic rings. The van der Waals surface area contributed by atoms with E-state index >= 15 is 0 Å². The second kappa shape index (κ2) is 7.41. The van der Waals surface area contributed by atoms with E-state index < -0.39 is 0 Å². The summed E-state index contributed by atoms with van der Waals surface area (Å²) in [5, 5.41) is 4.43. The zero-order valence-electron chi connectivity index (χ0n) is 12.3. The van der Waals surface area contributed by atoms with Crippen molar-refractivity contribution in [2.75, 3.05) is 13.6 Å². The third kappa shape index (κ3) is 4.04. The summed E-state index contributed by atoms with van der Waals surface area (Å²) in [6, 6.07) is 2.86. The molecule has 1 aliphatic carbocycles. The van der Waals surface area contributed by atoms with Gasteiger partial charge in [-0.2, -0.15) is 11.3 Å². The molecule has 0 spiro atoms. The maximum absolute atomic E-state index is 6.38. The molecule has 19 heavy (non-hydrogen) atoms. The zero-order chi connectivity index (χ0) is 13.7. The van der Waals surface area contributed by atoms with E-state index in [1.165, 1.54) is 44.2 Å². The first-order valence-electron chi connectivity index (χ1n) is 7.70. The summed E-state index contributed by atoms with van der Waals surface area (Å²) in [5.74, 6) is 0.879. The van der Waals surface area contributed by atoms with Crippen LogP contribution in [0.4, 0.5) is 0 Å². The molecule has 1 fully saturated rings. The fourth-order valence-corrected chi connectivity index (χ4v) is 4.08. The third-order valence-corrected chi connectivity index (χ3v) is 5.21. The second-order valence-corrected chi connectivity index (χ2v) is 6.80. The summed E-state index contributed by atoms with van der Waals surface area (Å²) < 4.78 is 0. The highest BCUT2D eigenvalue weighted by Gasteiger charge is 2.26. The topological polar surface area (TPSA) is 29.3 Å². The first-order chi connectivity index (χ1) is 9.22. The Hall–Kier alpha value is -0.380. The van der Waals surface area contributed by atoms with E-state index in [-0.39, 0.29) is 6.04 Å². The number of nitrogens with two attached hydrogens (primary N) is 1. The van der Waals surface area contributed by atoms with Gasteiger partial charge in [-0.05, 0) is 54.6 Å². The summed E-state index contributed by atoms with van der Waals surface area (Å²) in [6.07, 6.45) is 8.12. The number of thiophene rings is 1. The Labute approximate surface area is 122 Å². The fraction of sp³-hybridized carbons (Fsp3) is 0.750. The Morgan fingerprint density at radius 1 is 1.37 bits per heavy atom. The molecule has 0 aromatic carbocycles. The van der Waals surface area contributed by atoms with Gasteiger partial charge in [-0.3, -0.25) is 4.90 Å². The summed E-state index contributed by atoms with van der Waals surface area (Å²) >= 11 is 1.78. The number of hydrogen-bond donors (Lipinski definition) is 1. The minimum absolute atomic E-state index is 0.239. The maximum atomic E-state index is 6.38. The van der Waals surface area contributed by atoms with Crippen LogP contribution in [0.3, 0.4) is 0 Å². The SMILES string of the molecule is CCC(N)C(c1ccsc1)N(C)CC1CCCCC1. The van der Waals surface area contributed by atoms with Crippen molar-refractivity contribution in [1.82, 2.24) is 4.90 Å². The highest BCUT2D eigenvalue weighted by Crippen LogP contribution is 2.30. The van der Waals surface area contributed by atoms with E-state index in [0.29, 0.717) is 6.04 Å². The Balaban J connectivity index is 2.00. The molecule has 1 aromatic heterocycles. The van der Waals surface area contributed by atoms with Crippen LogP contribution in [-0.2, 0) is 0 Å². The van der Waals surface area contributed by atoms with E-state index in [9.17, 15) is 0 Å². The van der Waals surface area contributed by atoms with Gasteiger partial charge in [0.25, 0.3) is 0 Å². The molecule has 0 aliphatic heterocycles. The van der Waals surface area contributed by atoms with Crippen LogP contribution < -0.4 is 5.73 Å². The highest BCUT2D eigenvalue weighted by atomic mass is 32.1. The van der Waals surface area contributed by atoms with E-state index in [1.54, 1.807) is 11.3 Å². The zero-order valence-corrected chi connectivity index (χ0v) is 13.2. The van der Waals surface area contributed by atoms with Gasteiger partial charge in [-0.15, -0.1) is 0 Å². The van der Waals surface area contributed by atoms with Crippen molar-refractivity contribution in [1.29, 1.82) is 0 Å². The van der Waals surface area contributed by atoms with E-state index in [0.717, 1.165) is 12.3 Å². The average molecular weight is 280 g/mol. The van der Waals surface area contributed by atoms with Crippen molar-refractivity contribution in [3.63, 3.8) is 0 Å². The third-order valence-electron chi connectivity index (χ3n) is 4.51. The Morgan fingerprint density at radius 2 is 2.11 bits per heavy atom. The van der Waals surface area contributed by atoms with Gasteiger partial charge in [0.2, 0.25) is 0 Å². The molecule has 3 heteroatoms. The number of rotatable bonds is 6. The van der Waals surface area contributed by atoms with E-state index in [4.69, 9.17) is 5.73 Å². The van der Waals surface area contributed by atoms with Gasteiger partial charge >= 0.3 is 0 Å². The number of hydrogen-bond acceptors (Lipinski definition) is 3. The molecule has 2 atom stereocenters. The Bertz CT molecular complexity index is 344. The molecule has 2 rings (SSSR count). The standard InChI is InChI=1S/C16H28N2S/c1-3-15(17)16(14-9-10-19-12-14)18(2)11-13-7-5-4-6-8-13/h9-10,12-13,15-16H,3-8,11,17H2,1-2H3. The van der Waals surface area contributed by atoms with Gasteiger partial charge in [0, 0.05) is 12.6 Å². The molecule has 0 radical (unpaired) electrons. The molecule has 1 aliphatic rings. The highest BCUT2D eigenvalue weighted by molar-refractivity contribution is 7.07. The van der Waals surface area contributed by atoms with Gasteiger partial charge < -0.3 is 5.73 Å². The van der Waals surface area contributed by atoms with Crippen LogP contribution >= 0.6 is 11.3 Å². The van der Waals surface area contributed by atoms with Crippen molar-refractivity contribution in [3.8, 4) is 0 Å². The van der Waals surface area contributed by atoms with Crippen molar-refractivity contribution in [2.24, 2.45) is 11.7 Å². The second-order valence-electron chi connectivity index (χ2n) is 6.02. The van der Waals surface area contributed by atoms with Crippen LogP contribution in [0.2, 0.25) is 0 Å². The van der Waals surface area contributed by atoms with Crippen LogP contribution in [-0.4, -0.2) is 24.5 Å². The molecule has 2 N–H and O–H groups in total. The first-order valence-corrected chi connectivity index (χ1v) is 8.64. The largest absolute Gasteiger partial charge is 0.326 e. The molecule has 0 bridgehead atoms. The van der Waals surface area contributed by atoms with Crippen LogP contribution in [0.15, 0.2) is 16.8 Å². The smallest absolute Gasteiger partial charge is 0.0504 e. The molecule has 1 saturated carbocycles. The lowest BCUT2D eigenvalue weighted by Crippen LogP contribution is -2.41. The molecule has 1 heterocycles. The molecule has 2 nitrogen and oxygen atoms in total. The number of nitrogens with zero attached hydrogens (tertiary/aromatic N) is 1. The van der Waals surface area contributed by atoms with Crippen molar-refractivity contribution in [2.45, 2.75) is 57.5 Å². The molecular weight excluding hydrogens is 252 g/mol. The lowest BCUT2D eigenvalue weighted by Gasteiger charge is -2.35. The summed E-state index contributed by atoms with van der Waals surface area (Å²) in [7, 11) is 2.26. The van der Waals surface area contributed by atoms with Gasteiger partial charge in [0.05, 0.1) is 6.04 Å². The van der Waals surface area contributed by atoms with Crippen molar-refractivity contribution < 1.29 is 0 Å². The average Bonchev–Trinajstić information content (AvgIpc) is 2.93. The molecule has 0 amide bonds. The Kier molecular flexibility index (Phi) is 5.86.